The quantitative estimate of drug-likeness (QED) is 0.633. The fraction of sp³-hybridized carbons (Fsp3) is 0.800. The Bertz CT molecular complexity index is 512. The molecule has 2 rings (SSSR count). The molecule has 0 spiro atoms. The molecule has 0 aromatic heterocycles. The smallest absolute Gasteiger partial charge is 0.246 e. The number of thioether (sulfide) groups is 1. The maximum Gasteiger partial charge on any atom is 0.246 e. The van der Waals surface area contributed by atoms with Gasteiger partial charge in [0.05, 0.1) is 16.4 Å². The highest BCUT2D eigenvalue weighted by molar-refractivity contribution is 7.99. The van der Waals surface area contributed by atoms with Crippen molar-refractivity contribution in [3.8, 4) is 0 Å². The molecule has 2 aliphatic heterocycles. The summed E-state index contributed by atoms with van der Waals surface area (Å²) in [5, 5.41) is 6.25. The Balaban J connectivity index is 2.23. The second-order valence-electron chi connectivity index (χ2n) is 6.93. The maximum absolute atomic E-state index is 13.0. The molecule has 2 fully saturated rings. The molecule has 23 heavy (non-hydrogen) atoms. The molecule has 0 saturated carbocycles. The Kier molecular flexibility index (Phi) is 5.58. The van der Waals surface area contributed by atoms with Crippen molar-refractivity contribution in [2.75, 3.05) is 12.8 Å². The van der Waals surface area contributed by atoms with Crippen LogP contribution >= 0.6 is 24.0 Å². The maximum atomic E-state index is 13.0. The summed E-state index contributed by atoms with van der Waals surface area (Å²) in [5.74, 6) is 0.348. The molecule has 3 unspecified atom stereocenters. The van der Waals surface area contributed by atoms with Gasteiger partial charge in [0.1, 0.15) is 12.1 Å². The third-order valence-electron chi connectivity index (χ3n) is 4.71. The van der Waals surface area contributed by atoms with Crippen molar-refractivity contribution in [2.24, 2.45) is 11.1 Å². The van der Waals surface area contributed by atoms with Crippen molar-refractivity contribution < 1.29 is 9.59 Å². The first-order chi connectivity index (χ1) is 10.7. The number of hydrogen-bond acceptors (Lipinski definition) is 5. The number of carbonyl (C=O) groups excluding carboxylic acids is 2. The van der Waals surface area contributed by atoms with E-state index in [1.54, 1.807) is 16.7 Å². The number of nitrogens with one attached hydrogen (secondary N) is 2. The Hall–Kier alpha value is -0.860. The summed E-state index contributed by atoms with van der Waals surface area (Å²) in [6.45, 7) is 5.95. The first-order valence-electron chi connectivity index (χ1n) is 7.89. The molecule has 0 radical (unpaired) electrons. The largest absolute Gasteiger partial charge is 0.368 e. The summed E-state index contributed by atoms with van der Waals surface area (Å²) in [4.78, 5) is 27.3. The first-order valence-corrected chi connectivity index (χ1v) is 9.35. The fourth-order valence-electron chi connectivity index (χ4n) is 3.32. The lowest BCUT2D eigenvalue weighted by Crippen LogP contribution is -2.57. The van der Waals surface area contributed by atoms with E-state index in [0.717, 1.165) is 12.2 Å². The molecule has 0 aromatic carbocycles. The van der Waals surface area contributed by atoms with Crippen LogP contribution in [0.15, 0.2) is 0 Å². The minimum absolute atomic E-state index is 0.00791. The van der Waals surface area contributed by atoms with Crippen molar-refractivity contribution in [1.82, 2.24) is 15.5 Å². The zero-order valence-electron chi connectivity index (χ0n) is 14.1. The van der Waals surface area contributed by atoms with Crippen molar-refractivity contribution >= 4 is 40.8 Å². The van der Waals surface area contributed by atoms with Crippen LogP contribution in [-0.2, 0) is 9.59 Å². The lowest BCUT2D eigenvalue weighted by atomic mass is 9.84. The minimum Gasteiger partial charge on any atom is -0.368 e. The van der Waals surface area contributed by atoms with Gasteiger partial charge in [0.2, 0.25) is 11.8 Å². The molecule has 130 valence electrons. The number of nitrogens with zero attached hydrogens (tertiary/aromatic N) is 1. The molecule has 2 heterocycles. The second kappa shape index (κ2) is 6.94. The Morgan fingerprint density at radius 1 is 1.52 bits per heavy atom. The summed E-state index contributed by atoms with van der Waals surface area (Å²) in [7, 11) is 1.82. The van der Waals surface area contributed by atoms with Crippen molar-refractivity contribution in [1.29, 1.82) is 0 Å². The summed E-state index contributed by atoms with van der Waals surface area (Å²) < 4.78 is 0. The van der Waals surface area contributed by atoms with E-state index < -0.39 is 18.0 Å². The third-order valence-corrected chi connectivity index (χ3v) is 6.43. The number of carbonyl (C=O) groups is 2. The molecule has 6 nitrogen and oxygen atoms in total. The van der Waals surface area contributed by atoms with Crippen molar-refractivity contribution in [3.63, 3.8) is 0 Å². The number of primary amides is 1. The van der Waals surface area contributed by atoms with Crippen molar-refractivity contribution in [3.05, 3.63) is 0 Å². The Morgan fingerprint density at radius 3 is 2.74 bits per heavy atom. The molecular formula is C15H26N4O2S2. The summed E-state index contributed by atoms with van der Waals surface area (Å²) in [5.41, 5.74) is 5.31. The van der Waals surface area contributed by atoms with E-state index in [-0.39, 0.29) is 22.7 Å². The third kappa shape index (κ3) is 3.64. The van der Waals surface area contributed by atoms with E-state index >= 15 is 0 Å². The van der Waals surface area contributed by atoms with Gasteiger partial charge in [0.25, 0.3) is 0 Å². The van der Waals surface area contributed by atoms with E-state index in [1.807, 2.05) is 27.8 Å². The number of likely N-dealkylation sites (N-methyl/N-ethyl adjacent to an activating group) is 1. The van der Waals surface area contributed by atoms with Gasteiger partial charge < -0.3 is 21.3 Å². The van der Waals surface area contributed by atoms with E-state index in [4.69, 9.17) is 18.0 Å². The summed E-state index contributed by atoms with van der Waals surface area (Å²) in [6.07, 6.45) is 1.47. The van der Waals surface area contributed by atoms with Gasteiger partial charge in [-0.1, -0.05) is 26.1 Å². The highest BCUT2D eigenvalue weighted by Crippen LogP contribution is 2.45. The average molecular weight is 359 g/mol. The van der Waals surface area contributed by atoms with E-state index in [9.17, 15) is 9.59 Å². The van der Waals surface area contributed by atoms with Crippen LogP contribution in [0.1, 0.15) is 33.6 Å². The molecule has 4 N–H and O–H groups in total. The molecule has 0 bridgehead atoms. The Morgan fingerprint density at radius 2 is 2.17 bits per heavy atom. The van der Waals surface area contributed by atoms with Crippen LogP contribution < -0.4 is 16.4 Å². The van der Waals surface area contributed by atoms with E-state index in [0.29, 0.717) is 11.4 Å². The van der Waals surface area contributed by atoms with Crippen LogP contribution in [0.3, 0.4) is 0 Å². The van der Waals surface area contributed by atoms with Crippen LogP contribution in [0.5, 0.6) is 0 Å². The zero-order valence-corrected chi connectivity index (χ0v) is 15.7. The second-order valence-corrected chi connectivity index (χ2v) is 8.65. The molecule has 0 aliphatic carbocycles. The average Bonchev–Trinajstić information content (AvgIpc) is 2.66. The highest BCUT2D eigenvalue weighted by atomic mass is 32.2. The standard InChI is InChI=1S/C15H26N4O2S2/c1-8(17-4)13(22)18-9-5-6-23-10-7-15(2,3)11(12(16)20)19(10)14(9)21/h8-11,17H,5-7H2,1-4H3,(H2,16,20)(H,18,22)/t8-,9?,10?,11?/m0/s1. The van der Waals surface area contributed by atoms with Crippen LogP contribution in [0.4, 0.5) is 0 Å². The predicted octanol–water partition coefficient (Wildman–Crippen LogP) is 0.455. The van der Waals surface area contributed by atoms with E-state index in [1.165, 1.54) is 0 Å². The SMILES string of the molecule is CN[C@@H](C)C(=S)NC1CCSC2CC(C)(C)C(C(N)=O)N2C1=O. The van der Waals surface area contributed by atoms with Gasteiger partial charge in [0.15, 0.2) is 0 Å². The van der Waals surface area contributed by atoms with Gasteiger partial charge in [-0.25, -0.2) is 0 Å². The fourth-order valence-corrected chi connectivity index (χ4v) is 5.16. The van der Waals surface area contributed by atoms with Crippen LogP contribution in [0.25, 0.3) is 0 Å². The molecule has 2 aliphatic rings. The number of nitrogens with two attached hydrogens (primary N) is 1. The monoisotopic (exact) mass is 358 g/mol. The predicted molar refractivity (Wildman–Crippen MR) is 97.1 cm³/mol. The van der Waals surface area contributed by atoms with Gasteiger partial charge in [0, 0.05) is 0 Å². The van der Waals surface area contributed by atoms with Gasteiger partial charge in [-0.15, -0.1) is 11.8 Å². The lowest BCUT2D eigenvalue weighted by molar-refractivity contribution is -0.141. The molecule has 4 atom stereocenters. The van der Waals surface area contributed by atoms with Gasteiger partial charge in [-0.2, -0.15) is 0 Å². The number of amides is 2. The molecule has 2 amide bonds. The topological polar surface area (TPSA) is 87.5 Å². The van der Waals surface area contributed by atoms with E-state index in [2.05, 4.69) is 10.6 Å². The van der Waals surface area contributed by atoms with Crippen molar-refractivity contribution in [2.45, 2.75) is 57.1 Å². The lowest BCUT2D eigenvalue weighted by Gasteiger charge is -2.33. The zero-order chi connectivity index (χ0) is 17.4. The van der Waals surface area contributed by atoms with Gasteiger partial charge in [-0.3, -0.25) is 9.59 Å². The molecule has 2 saturated heterocycles. The van der Waals surface area contributed by atoms with Gasteiger partial charge in [-0.05, 0) is 38.0 Å². The molecular weight excluding hydrogens is 332 g/mol. The Labute approximate surface area is 147 Å². The van der Waals surface area contributed by atoms with Crippen LogP contribution in [0, 0.1) is 5.41 Å². The minimum atomic E-state index is -0.565. The first kappa shape index (κ1) is 18.5. The highest BCUT2D eigenvalue weighted by Gasteiger charge is 2.53. The number of rotatable bonds is 4. The summed E-state index contributed by atoms with van der Waals surface area (Å²) in [6, 6.07) is -0.969. The van der Waals surface area contributed by atoms with Gasteiger partial charge >= 0.3 is 0 Å². The summed E-state index contributed by atoms with van der Waals surface area (Å²) >= 11 is 7.08. The van der Waals surface area contributed by atoms with Crippen LogP contribution in [-0.4, -0.2) is 58.0 Å². The molecule has 8 heteroatoms. The number of thiocarbonyl (C=S) groups is 1. The number of hydrogen-bond donors (Lipinski definition) is 3. The normalized spacial score (nSPS) is 31.2. The number of fused-ring (bicyclic) bond motifs is 1. The molecule has 0 aromatic rings. The van der Waals surface area contributed by atoms with Crippen LogP contribution in [0.2, 0.25) is 0 Å².